The standard InChI is InChI=1S/C9H11N3O2S/c1-11(9(10)15)6-7-2-4-8(5-3-7)12(13)14/h2-5H,6H2,1H3,(H2,10,15). The van der Waals surface area contributed by atoms with E-state index in [9.17, 15) is 10.1 Å². The predicted octanol–water partition coefficient (Wildman–Crippen LogP) is 1.27. The fraction of sp³-hybridized carbons (Fsp3) is 0.222. The third-order valence-corrected chi connectivity index (χ3v) is 2.25. The van der Waals surface area contributed by atoms with Crippen molar-refractivity contribution >= 4 is 23.0 Å². The first-order chi connectivity index (χ1) is 7.00. The zero-order valence-electron chi connectivity index (χ0n) is 8.21. The highest BCUT2D eigenvalue weighted by molar-refractivity contribution is 7.80. The molecule has 0 aliphatic rings. The maximum Gasteiger partial charge on any atom is 0.269 e. The topological polar surface area (TPSA) is 72.4 Å². The summed E-state index contributed by atoms with van der Waals surface area (Å²) < 4.78 is 0. The fourth-order valence-corrected chi connectivity index (χ4v) is 1.14. The molecule has 0 bridgehead atoms. The molecule has 0 aliphatic heterocycles. The number of nitrogens with two attached hydrogens (primary N) is 1. The Kier molecular flexibility index (Phi) is 3.56. The largest absolute Gasteiger partial charge is 0.376 e. The van der Waals surface area contributed by atoms with Crippen LogP contribution in [-0.2, 0) is 6.54 Å². The third-order valence-electron chi connectivity index (χ3n) is 1.94. The van der Waals surface area contributed by atoms with Crippen LogP contribution >= 0.6 is 12.2 Å². The van der Waals surface area contributed by atoms with Gasteiger partial charge in [-0.1, -0.05) is 12.1 Å². The van der Waals surface area contributed by atoms with Gasteiger partial charge in [0, 0.05) is 25.7 Å². The van der Waals surface area contributed by atoms with Crippen molar-refractivity contribution in [3.05, 3.63) is 39.9 Å². The number of non-ortho nitro benzene ring substituents is 1. The molecule has 1 aromatic rings. The van der Waals surface area contributed by atoms with Crippen molar-refractivity contribution in [2.45, 2.75) is 6.54 Å². The summed E-state index contributed by atoms with van der Waals surface area (Å²) in [6.45, 7) is 0.549. The summed E-state index contributed by atoms with van der Waals surface area (Å²) in [7, 11) is 1.77. The normalized spacial score (nSPS) is 9.67. The second-order valence-electron chi connectivity index (χ2n) is 3.12. The molecule has 0 saturated heterocycles. The zero-order valence-corrected chi connectivity index (χ0v) is 9.03. The Bertz CT molecular complexity index is 377. The van der Waals surface area contributed by atoms with Crippen molar-refractivity contribution in [3.63, 3.8) is 0 Å². The number of nitrogens with zero attached hydrogens (tertiary/aromatic N) is 2. The van der Waals surface area contributed by atoms with E-state index < -0.39 is 4.92 Å². The number of thiocarbonyl (C=S) groups is 1. The van der Waals surface area contributed by atoms with Gasteiger partial charge in [0.25, 0.3) is 5.69 Å². The minimum atomic E-state index is -0.430. The predicted molar refractivity (Wildman–Crippen MR) is 61.3 cm³/mol. The summed E-state index contributed by atoms with van der Waals surface area (Å²) in [5.74, 6) is 0. The maximum atomic E-state index is 10.4. The van der Waals surface area contributed by atoms with Crippen molar-refractivity contribution in [3.8, 4) is 0 Å². The fourth-order valence-electron chi connectivity index (χ4n) is 1.07. The van der Waals surface area contributed by atoms with Crippen LogP contribution in [0.15, 0.2) is 24.3 Å². The van der Waals surface area contributed by atoms with Gasteiger partial charge in [0.05, 0.1) is 4.92 Å². The second-order valence-corrected chi connectivity index (χ2v) is 3.54. The van der Waals surface area contributed by atoms with Gasteiger partial charge in [0.1, 0.15) is 0 Å². The first kappa shape index (κ1) is 11.4. The molecule has 2 N–H and O–H groups in total. The van der Waals surface area contributed by atoms with Crippen LogP contribution < -0.4 is 5.73 Å². The Morgan fingerprint density at radius 3 is 2.47 bits per heavy atom. The Hall–Kier alpha value is -1.69. The third kappa shape index (κ3) is 3.17. The van der Waals surface area contributed by atoms with E-state index in [2.05, 4.69) is 0 Å². The molecule has 15 heavy (non-hydrogen) atoms. The summed E-state index contributed by atoms with van der Waals surface area (Å²) in [5, 5.41) is 10.7. The van der Waals surface area contributed by atoms with Crippen LogP contribution in [0.3, 0.4) is 0 Å². The highest BCUT2D eigenvalue weighted by Gasteiger charge is 2.05. The van der Waals surface area contributed by atoms with Gasteiger partial charge in [-0.3, -0.25) is 10.1 Å². The molecule has 1 aromatic carbocycles. The second kappa shape index (κ2) is 4.70. The lowest BCUT2D eigenvalue weighted by molar-refractivity contribution is -0.384. The number of hydrogen-bond acceptors (Lipinski definition) is 3. The molecule has 0 atom stereocenters. The number of nitro groups is 1. The quantitative estimate of drug-likeness (QED) is 0.476. The van der Waals surface area contributed by atoms with Crippen molar-refractivity contribution in [2.24, 2.45) is 5.73 Å². The highest BCUT2D eigenvalue weighted by Crippen LogP contribution is 2.12. The zero-order chi connectivity index (χ0) is 11.4. The van der Waals surface area contributed by atoms with Crippen molar-refractivity contribution in [1.82, 2.24) is 4.90 Å². The number of hydrogen-bond donors (Lipinski definition) is 1. The number of rotatable bonds is 3. The van der Waals surface area contributed by atoms with Gasteiger partial charge in [0.2, 0.25) is 0 Å². The summed E-state index contributed by atoms with van der Waals surface area (Å²) >= 11 is 4.78. The Morgan fingerprint density at radius 2 is 2.07 bits per heavy atom. The van der Waals surface area contributed by atoms with Gasteiger partial charge in [-0.15, -0.1) is 0 Å². The van der Waals surface area contributed by atoms with Crippen LogP contribution in [0.25, 0.3) is 0 Å². The maximum absolute atomic E-state index is 10.4. The molecule has 0 fully saturated rings. The summed E-state index contributed by atoms with van der Waals surface area (Å²) in [6, 6.07) is 6.30. The minimum Gasteiger partial charge on any atom is -0.376 e. The lowest BCUT2D eigenvalue weighted by Gasteiger charge is -2.16. The van der Waals surface area contributed by atoms with Crippen LogP contribution in [0.4, 0.5) is 5.69 Å². The average molecular weight is 225 g/mol. The van der Waals surface area contributed by atoms with Crippen LogP contribution in [0, 0.1) is 10.1 Å². The summed E-state index contributed by atoms with van der Waals surface area (Å²) in [6.07, 6.45) is 0. The van der Waals surface area contributed by atoms with Gasteiger partial charge in [-0.2, -0.15) is 0 Å². The molecule has 6 heteroatoms. The molecule has 0 spiro atoms. The SMILES string of the molecule is CN(Cc1ccc([N+](=O)[O-])cc1)C(N)=S. The molecule has 0 heterocycles. The van der Waals surface area contributed by atoms with E-state index in [0.717, 1.165) is 5.56 Å². The van der Waals surface area contributed by atoms with E-state index in [-0.39, 0.29) is 5.69 Å². The van der Waals surface area contributed by atoms with Gasteiger partial charge in [-0.25, -0.2) is 0 Å². The highest BCUT2D eigenvalue weighted by atomic mass is 32.1. The summed E-state index contributed by atoms with van der Waals surface area (Å²) in [4.78, 5) is 11.7. The number of benzene rings is 1. The van der Waals surface area contributed by atoms with Gasteiger partial charge >= 0.3 is 0 Å². The van der Waals surface area contributed by atoms with Crippen LogP contribution in [0.5, 0.6) is 0 Å². The molecule has 0 unspecified atom stereocenters. The lowest BCUT2D eigenvalue weighted by Crippen LogP contribution is -2.31. The summed E-state index contributed by atoms with van der Waals surface area (Å²) in [5.41, 5.74) is 6.42. The smallest absolute Gasteiger partial charge is 0.269 e. The molecule has 0 aliphatic carbocycles. The molecule has 0 amide bonds. The molecule has 5 nitrogen and oxygen atoms in total. The Labute approximate surface area is 92.6 Å². The van der Waals surface area contributed by atoms with Gasteiger partial charge in [0.15, 0.2) is 5.11 Å². The monoisotopic (exact) mass is 225 g/mol. The minimum absolute atomic E-state index is 0.0803. The molecular weight excluding hydrogens is 214 g/mol. The average Bonchev–Trinajstić information content (AvgIpc) is 2.18. The van der Waals surface area contributed by atoms with Crippen molar-refractivity contribution in [2.75, 3.05) is 7.05 Å². The Morgan fingerprint density at radius 1 is 1.53 bits per heavy atom. The van der Waals surface area contributed by atoms with E-state index in [4.69, 9.17) is 18.0 Å². The van der Waals surface area contributed by atoms with E-state index >= 15 is 0 Å². The van der Waals surface area contributed by atoms with Gasteiger partial charge in [-0.05, 0) is 17.8 Å². The van der Waals surface area contributed by atoms with Crippen LogP contribution in [-0.4, -0.2) is 22.0 Å². The van der Waals surface area contributed by atoms with E-state index in [1.165, 1.54) is 12.1 Å². The van der Waals surface area contributed by atoms with Crippen molar-refractivity contribution < 1.29 is 4.92 Å². The lowest BCUT2D eigenvalue weighted by atomic mass is 10.2. The molecule has 0 radical (unpaired) electrons. The van der Waals surface area contributed by atoms with Crippen molar-refractivity contribution in [1.29, 1.82) is 0 Å². The van der Waals surface area contributed by atoms with Crippen LogP contribution in [0.1, 0.15) is 5.56 Å². The van der Waals surface area contributed by atoms with E-state index in [0.29, 0.717) is 11.7 Å². The first-order valence-electron chi connectivity index (χ1n) is 4.24. The molecule has 0 saturated carbocycles. The van der Waals surface area contributed by atoms with E-state index in [1.54, 1.807) is 24.1 Å². The van der Waals surface area contributed by atoms with E-state index in [1.807, 2.05) is 0 Å². The number of nitro benzene ring substituents is 1. The molecule has 80 valence electrons. The molecule has 0 aromatic heterocycles. The van der Waals surface area contributed by atoms with Crippen LogP contribution in [0.2, 0.25) is 0 Å². The molecular formula is C9H11N3O2S. The van der Waals surface area contributed by atoms with Gasteiger partial charge < -0.3 is 10.6 Å². The first-order valence-corrected chi connectivity index (χ1v) is 4.65. The molecule has 1 rings (SSSR count). The Balaban J connectivity index is 2.72.